The van der Waals surface area contributed by atoms with Crippen LogP contribution in [-0.4, -0.2) is 96.7 Å². The molecule has 0 heterocycles. The summed E-state index contributed by atoms with van der Waals surface area (Å²) in [6, 6.07) is 0. The molecule has 0 spiro atoms. The fraction of sp³-hybridized carbons (Fsp3) is 0.941. The number of rotatable bonds is 66. The van der Waals surface area contributed by atoms with Crippen molar-refractivity contribution in [1.29, 1.82) is 0 Å². The van der Waals surface area contributed by atoms with E-state index in [0.717, 1.165) is 109 Å². The van der Waals surface area contributed by atoms with Gasteiger partial charge in [0.25, 0.3) is 0 Å². The number of hydrogen-bond acceptors (Lipinski definition) is 15. The quantitative estimate of drug-likeness (QED) is 0.0222. The number of ether oxygens (including phenoxy) is 4. The van der Waals surface area contributed by atoms with Crippen LogP contribution < -0.4 is 0 Å². The number of carbonyl (C=O) groups excluding carboxylic acids is 4. The topological polar surface area (TPSA) is 237 Å². The van der Waals surface area contributed by atoms with Gasteiger partial charge in [-0.1, -0.05) is 286 Å². The molecule has 0 radical (unpaired) electrons. The summed E-state index contributed by atoms with van der Waals surface area (Å²) in [5, 5.41) is 10.5. The number of esters is 4. The highest BCUT2D eigenvalue weighted by molar-refractivity contribution is 7.47. The van der Waals surface area contributed by atoms with E-state index in [4.69, 9.17) is 37.0 Å². The SMILES string of the molecule is CCCCCCCC(=O)OC[C@H](COP(=O)(O)OC[C@H](O)COP(=O)(O)OC[C@@H](COC(=O)CCCCCCCCCC(C)C)OC(=O)CCCCCCCCCCCCCCCCCCCCC(C)CC)OC(=O)CCCCCCCCCC(C)C. The fourth-order valence-corrected chi connectivity index (χ4v) is 11.7. The van der Waals surface area contributed by atoms with E-state index in [0.29, 0.717) is 37.5 Å². The molecule has 0 rings (SSSR count). The highest BCUT2D eigenvalue weighted by Gasteiger charge is 2.30. The summed E-state index contributed by atoms with van der Waals surface area (Å²) in [5.41, 5.74) is 0. The van der Waals surface area contributed by atoms with E-state index in [9.17, 15) is 43.2 Å². The third-order valence-electron chi connectivity index (χ3n) is 16.0. The zero-order chi connectivity index (χ0) is 64.5. The summed E-state index contributed by atoms with van der Waals surface area (Å²) < 4.78 is 67.9. The Morgan fingerprint density at radius 1 is 0.333 bits per heavy atom. The molecule has 0 amide bonds. The fourth-order valence-electron chi connectivity index (χ4n) is 10.2. The molecule has 0 aromatic carbocycles. The Balaban J connectivity index is 5.06. The predicted molar refractivity (Wildman–Crippen MR) is 349 cm³/mol. The third kappa shape index (κ3) is 61.3. The molecule has 0 saturated carbocycles. The second-order valence-electron chi connectivity index (χ2n) is 25.8. The Hall–Kier alpha value is -1.94. The summed E-state index contributed by atoms with van der Waals surface area (Å²) >= 11 is 0. The van der Waals surface area contributed by atoms with Gasteiger partial charge in [0.1, 0.15) is 19.3 Å². The molecular formula is C68H132O17P2. The van der Waals surface area contributed by atoms with Gasteiger partial charge in [0, 0.05) is 25.7 Å². The highest BCUT2D eigenvalue weighted by atomic mass is 31.2. The molecule has 6 atom stereocenters. The minimum absolute atomic E-state index is 0.102. The van der Waals surface area contributed by atoms with Crippen LogP contribution in [0.1, 0.15) is 337 Å². The lowest BCUT2D eigenvalue weighted by molar-refractivity contribution is -0.161. The van der Waals surface area contributed by atoms with Crippen LogP contribution in [0.3, 0.4) is 0 Å². The van der Waals surface area contributed by atoms with E-state index in [1.165, 1.54) is 135 Å². The molecule has 87 heavy (non-hydrogen) atoms. The standard InChI is InChI=1S/C68H132O17P2/c1-8-10-11-32-42-49-65(70)78-55-63(84-68(73)52-45-38-31-25-27-34-40-47-60(5)6)57-82-86(74,75)80-53-62(69)54-81-87(76,77)83-58-64(56-79-66(71)50-43-36-30-24-26-33-39-46-59(3)4)85-67(72)51-44-37-29-23-21-19-17-15-13-12-14-16-18-20-22-28-35-41-48-61(7)9-2/h59-64,69H,8-58H2,1-7H3,(H,74,75)(H,76,77)/t61?,62-,63+,64+/m0/s1. The van der Waals surface area contributed by atoms with Crippen LogP contribution in [-0.2, 0) is 65.4 Å². The summed E-state index contributed by atoms with van der Waals surface area (Å²) in [6.07, 6.45) is 42.4. The lowest BCUT2D eigenvalue weighted by Gasteiger charge is -2.21. The molecule has 0 bridgehead atoms. The molecule has 17 nitrogen and oxygen atoms in total. The molecule has 0 saturated heterocycles. The van der Waals surface area contributed by atoms with Crippen molar-refractivity contribution in [2.45, 2.75) is 356 Å². The predicted octanol–water partition coefficient (Wildman–Crippen LogP) is 19.1. The Bertz CT molecular complexity index is 1720. The van der Waals surface area contributed by atoms with E-state index in [-0.39, 0.29) is 25.7 Å². The molecule has 0 aliphatic carbocycles. The average molecular weight is 1280 g/mol. The van der Waals surface area contributed by atoms with Crippen molar-refractivity contribution >= 4 is 39.5 Å². The van der Waals surface area contributed by atoms with Crippen LogP contribution in [0.25, 0.3) is 0 Å². The molecular weight excluding hydrogens is 1150 g/mol. The summed E-state index contributed by atoms with van der Waals surface area (Å²) in [5.74, 6) is 0.127. The molecule has 3 unspecified atom stereocenters. The van der Waals surface area contributed by atoms with Crippen LogP contribution in [0.2, 0.25) is 0 Å². The van der Waals surface area contributed by atoms with Crippen molar-refractivity contribution in [2.75, 3.05) is 39.6 Å². The van der Waals surface area contributed by atoms with Crippen LogP contribution >= 0.6 is 15.6 Å². The average Bonchev–Trinajstić information content (AvgIpc) is 3.56. The molecule has 0 aliphatic heterocycles. The van der Waals surface area contributed by atoms with E-state index in [1.54, 1.807) is 0 Å². The van der Waals surface area contributed by atoms with Gasteiger partial charge in [-0.2, -0.15) is 0 Å². The van der Waals surface area contributed by atoms with Gasteiger partial charge >= 0.3 is 39.5 Å². The van der Waals surface area contributed by atoms with E-state index < -0.39 is 97.5 Å². The second-order valence-corrected chi connectivity index (χ2v) is 28.7. The minimum atomic E-state index is -4.95. The Kier molecular flexibility index (Phi) is 57.8. The van der Waals surface area contributed by atoms with Crippen LogP contribution in [0.5, 0.6) is 0 Å². The van der Waals surface area contributed by atoms with Crippen molar-refractivity contribution in [3.05, 3.63) is 0 Å². The highest BCUT2D eigenvalue weighted by Crippen LogP contribution is 2.45. The summed E-state index contributed by atoms with van der Waals surface area (Å²) in [6.45, 7) is 11.7. The third-order valence-corrected chi connectivity index (χ3v) is 17.9. The van der Waals surface area contributed by atoms with Gasteiger partial charge in [0.05, 0.1) is 26.4 Å². The first-order valence-corrected chi connectivity index (χ1v) is 38.4. The number of aliphatic hydroxyl groups excluding tert-OH is 1. The van der Waals surface area contributed by atoms with E-state index in [2.05, 4.69) is 48.5 Å². The largest absolute Gasteiger partial charge is 0.472 e. The van der Waals surface area contributed by atoms with Crippen LogP contribution in [0.4, 0.5) is 0 Å². The Morgan fingerprint density at radius 3 is 0.874 bits per heavy atom. The normalized spacial score (nSPS) is 14.6. The monoisotopic (exact) mass is 1280 g/mol. The lowest BCUT2D eigenvalue weighted by atomic mass is 9.99. The maximum Gasteiger partial charge on any atom is 0.472 e. The van der Waals surface area contributed by atoms with Crippen molar-refractivity contribution in [3.63, 3.8) is 0 Å². The molecule has 3 N–H and O–H groups in total. The van der Waals surface area contributed by atoms with Crippen molar-refractivity contribution < 1.29 is 80.2 Å². The van der Waals surface area contributed by atoms with Crippen molar-refractivity contribution in [3.8, 4) is 0 Å². The maximum absolute atomic E-state index is 13.0. The Morgan fingerprint density at radius 2 is 0.586 bits per heavy atom. The molecule has 0 fully saturated rings. The minimum Gasteiger partial charge on any atom is -0.462 e. The first kappa shape index (κ1) is 85.1. The van der Waals surface area contributed by atoms with Crippen LogP contribution in [0, 0.1) is 17.8 Å². The van der Waals surface area contributed by atoms with Crippen LogP contribution in [0.15, 0.2) is 0 Å². The molecule has 0 aliphatic rings. The van der Waals surface area contributed by atoms with E-state index in [1.807, 2.05) is 0 Å². The number of phosphoric acid groups is 2. The van der Waals surface area contributed by atoms with Gasteiger partial charge in [0.2, 0.25) is 0 Å². The molecule has 0 aromatic rings. The van der Waals surface area contributed by atoms with Crippen molar-refractivity contribution in [2.24, 2.45) is 17.8 Å². The molecule has 0 aromatic heterocycles. The van der Waals surface area contributed by atoms with Gasteiger partial charge in [-0.25, -0.2) is 9.13 Å². The number of aliphatic hydroxyl groups is 1. The van der Waals surface area contributed by atoms with E-state index >= 15 is 0 Å². The first-order valence-electron chi connectivity index (χ1n) is 35.4. The number of carbonyl (C=O) groups is 4. The zero-order valence-electron chi connectivity index (χ0n) is 56.5. The van der Waals surface area contributed by atoms with Crippen molar-refractivity contribution in [1.82, 2.24) is 0 Å². The number of hydrogen-bond donors (Lipinski definition) is 3. The van der Waals surface area contributed by atoms with Gasteiger partial charge < -0.3 is 33.8 Å². The number of unbranched alkanes of at least 4 members (excludes halogenated alkanes) is 33. The smallest absolute Gasteiger partial charge is 0.462 e. The lowest BCUT2D eigenvalue weighted by Crippen LogP contribution is -2.30. The maximum atomic E-state index is 13.0. The summed E-state index contributed by atoms with van der Waals surface area (Å²) in [7, 11) is -9.88. The van der Waals surface area contributed by atoms with Gasteiger partial charge in [-0.15, -0.1) is 0 Å². The zero-order valence-corrected chi connectivity index (χ0v) is 58.3. The van der Waals surface area contributed by atoms with Gasteiger partial charge in [-0.05, 0) is 43.4 Å². The van der Waals surface area contributed by atoms with Gasteiger partial charge in [-0.3, -0.25) is 37.3 Å². The second kappa shape index (κ2) is 59.1. The molecule has 19 heteroatoms. The first-order chi connectivity index (χ1) is 41.8. The summed E-state index contributed by atoms with van der Waals surface area (Å²) in [4.78, 5) is 72.0. The number of phosphoric ester groups is 2. The Labute approximate surface area is 530 Å². The van der Waals surface area contributed by atoms with Gasteiger partial charge in [0.15, 0.2) is 12.2 Å². The molecule has 516 valence electrons.